The Morgan fingerprint density at radius 1 is 1.28 bits per heavy atom. The van der Waals surface area contributed by atoms with Gasteiger partial charge in [0.2, 0.25) is 5.91 Å². The van der Waals surface area contributed by atoms with E-state index in [-0.39, 0.29) is 5.91 Å². The number of benzene rings is 1. The van der Waals surface area contributed by atoms with E-state index in [0.717, 1.165) is 31.6 Å². The maximum absolute atomic E-state index is 11.8. The zero-order valence-corrected chi connectivity index (χ0v) is 11.3. The second kappa shape index (κ2) is 7.58. The zero-order chi connectivity index (χ0) is 13.4. The largest absolute Gasteiger partial charge is 0.397 e. The van der Waals surface area contributed by atoms with Gasteiger partial charge in [0.25, 0.3) is 0 Å². The number of nitrogens with two attached hydrogens (primary N) is 1. The highest BCUT2D eigenvalue weighted by Gasteiger charge is 2.12. The third-order valence-electron chi connectivity index (χ3n) is 2.68. The summed E-state index contributed by atoms with van der Waals surface area (Å²) in [5.41, 5.74) is 7.61. The van der Waals surface area contributed by atoms with Crippen molar-refractivity contribution >= 4 is 17.3 Å². The van der Waals surface area contributed by atoms with Gasteiger partial charge in [-0.2, -0.15) is 0 Å². The normalized spacial score (nSPS) is 10.1. The molecule has 100 valence electrons. The molecule has 0 spiro atoms. The summed E-state index contributed by atoms with van der Waals surface area (Å²) in [4.78, 5) is 13.8. The van der Waals surface area contributed by atoms with Gasteiger partial charge in [-0.3, -0.25) is 4.79 Å². The number of anilines is 2. The Labute approximate surface area is 109 Å². The van der Waals surface area contributed by atoms with Crippen molar-refractivity contribution in [2.75, 3.05) is 30.3 Å². The minimum absolute atomic E-state index is 0.0496. The molecule has 0 unspecified atom stereocenters. The topological polar surface area (TPSA) is 58.4 Å². The Hall–Kier alpha value is -1.71. The van der Waals surface area contributed by atoms with Crippen LogP contribution in [-0.2, 0) is 4.79 Å². The zero-order valence-electron chi connectivity index (χ0n) is 11.3. The lowest BCUT2D eigenvalue weighted by Crippen LogP contribution is -2.38. The van der Waals surface area contributed by atoms with Crippen molar-refractivity contribution in [3.05, 3.63) is 24.3 Å². The fraction of sp³-hybridized carbons (Fsp3) is 0.500. The molecule has 0 fully saturated rings. The van der Waals surface area contributed by atoms with Gasteiger partial charge < -0.3 is 16.0 Å². The molecular formula is C14H23N3O. The highest BCUT2D eigenvalue weighted by Crippen LogP contribution is 2.22. The molecule has 3 N–H and O–H groups in total. The van der Waals surface area contributed by atoms with Crippen molar-refractivity contribution in [3.8, 4) is 0 Å². The van der Waals surface area contributed by atoms with Crippen LogP contribution in [0.1, 0.15) is 26.7 Å². The van der Waals surface area contributed by atoms with Crippen LogP contribution in [0, 0.1) is 0 Å². The molecule has 0 saturated heterocycles. The van der Waals surface area contributed by atoms with Crippen LogP contribution < -0.4 is 16.0 Å². The van der Waals surface area contributed by atoms with Crippen LogP contribution in [0.5, 0.6) is 0 Å². The van der Waals surface area contributed by atoms with E-state index in [9.17, 15) is 4.79 Å². The Balaban J connectivity index is 2.71. The maximum Gasteiger partial charge on any atom is 0.239 e. The van der Waals surface area contributed by atoms with E-state index >= 15 is 0 Å². The molecule has 0 heterocycles. The van der Waals surface area contributed by atoms with Crippen LogP contribution in [0.2, 0.25) is 0 Å². The predicted molar refractivity (Wildman–Crippen MR) is 76.7 cm³/mol. The van der Waals surface area contributed by atoms with Crippen LogP contribution in [-0.4, -0.2) is 25.5 Å². The lowest BCUT2D eigenvalue weighted by Gasteiger charge is -2.25. The van der Waals surface area contributed by atoms with Crippen molar-refractivity contribution in [3.63, 3.8) is 0 Å². The number of amides is 1. The Bertz CT molecular complexity index is 379. The molecule has 0 aliphatic rings. The van der Waals surface area contributed by atoms with E-state index < -0.39 is 0 Å². The lowest BCUT2D eigenvalue weighted by molar-refractivity contribution is -0.119. The number of para-hydroxylation sites is 2. The molecule has 4 nitrogen and oxygen atoms in total. The van der Waals surface area contributed by atoms with E-state index in [1.165, 1.54) is 0 Å². The minimum Gasteiger partial charge on any atom is -0.397 e. The summed E-state index contributed by atoms with van der Waals surface area (Å²) in [6.07, 6.45) is 1.93. The summed E-state index contributed by atoms with van der Waals surface area (Å²) < 4.78 is 0. The van der Waals surface area contributed by atoms with Crippen LogP contribution in [0.3, 0.4) is 0 Å². The smallest absolute Gasteiger partial charge is 0.239 e. The number of nitrogen functional groups attached to an aromatic ring is 1. The third-order valence-corrected chi connectivity index (χ3v) is 2.68. The number of nitrogens with zero attached hydrogens (tertiary/aromatic N) is 1. The molecule has 1 aromatic rings. The fourth-order valence-corrected chi connectivity index (χ4v) is 1.82. The van der Waals surface area contributed by atoms with Crippen molar-refractivity contribution in [2.45, 2.75) is 26.7 Å². The number of hydrogen-bond acceptors (Lipinski definition) is 3. The molecule has 0 atom stereocenters. The summed E-state index contributed by atoms with van der Waals surface area (Å²) in [5, 5.41) is 2.89. The van der Waals surface area contributed by atoms with E-state index in [0.29, 0.717) is 12.2 Å². The Morgan fingerprint density at radius 2 is 2.00 bits per heavy atom. The number of carbonyl (C=O) groups is 1. The first-order chi connectivity index (χ1) is 8.69. The summed E-state index contributed by atoms with van der Waals surface area (Å²) >= 11 is 0. The van der Waals surface area contributed by atoms with Gasteiger partial charge in [-0.25, -0.2) is 0 Å². The first-order valence-corrected chi connectivity index (χ1v) is 6.55. The molecule has 1 amide bonds. The Morgan fingerprint density at radius 3 is 2.61 bits per heavy atom. The maximum atomic E-state index is 11.8. The summed E-state index contributed by atoms with van der Waals surface area (Å²) in [7, 11) is 0. The molecule has 0 saturated carbocycles. The molecule has 0 radical (unpaired) electrons. The average molecular weight is 249 g/mol. The molecule has 0 aromatic heterocycles. The van der Waals surface area contributed by atoms with Gasteiger partial charge in [0.15, 0.2) is 0 Å². The average Bonchev–Trinajstić information content (AvgIpc) is 2.36. The van der Waals surface area contributed by atoms with Gasteiger partial charge in [0.05, 0.1) is 17.9 Å². The number of hydrogen-bond donors (Lipinski definition) is 2. The molecule has 4 heteroatoms. The fourth-order valence-electron chi connectivity index (χ4n) is 1.82. The predicted octanol–water partition coefficient (Wildman–Crippen LogP) is 2.01. The van der Waals surface area contributed by atoms with Crippen LogP contribution in [0.15, 0.2) is 24.3 Å². The summed E-state index contributed by atoms with van der Waals surface area (Å²) in [6.45, 7) is 6.05. The SMILES string of the molecule is CCCNC(=O)CN(CCC)c1ccccc1N. The van der Waals surface area contributed by atoms with Crippen molar-refractivity contribution in [1.82, 2.24) is 5.32 Å². The van der Waals surface area contributed by atoms with Gasteiger partial charge >= 0.3 is 0 Å². The van der Waals surface area contributed by atoms with Crippen LogP contribution in [0.4, 0.5) is 11.4 Å². The van der Waals surface area contributed by atoms with Gasteiger partial charge in [0, 0.05) is 13.1 Å². The molecular weight excluding hydrogens is 226 g/mol. The number of rotatable bonds is 7. The van der Waals surface area contributed by atoms with Crippen LogP contribution in [0.25, 0.3) is 0 Å². The molecule has 0 aliphatic carbocycles. The van der Waals surface area contributed by atoms with Crippen molar-refractivity contribution < 1.29 is 4.79 Å². The molecule has 0 bridgehead atoms. The van der Waals surface area contributed by atoms with Crippen molar-refractivity contribution in [2.24, 2.45) is 0 Å². The lowest BCUT2D eigenvalue weighted by atomic mass is 10.2. The van der Waals surface area contributed by atoms with Gasteiger partial charge in [-0.1, -0.05) is 26.0 Å². The number of nitrogens with one attached hydrogen (secondary N) is 1. The van der Waals surface area contributed by atoms with Crippen molar-refractivity contribution in [1.29, 1.82) is 0 Å². The van der Waals surface area contributed by atoms with Gasteiger partial charge in [-0.05, 0) is 25.0 Å². The quantitative estimate of drug-likeness (QED) is 0.727. The standard InChI is InChI=1S/C14H23N3O/c1-3-9-16-14(18)11-17(10-4-2)13-8-6-5-7-12(13)15/h5-8H,3-4,9-11,15H2,1-2H3,(H,16,18). The molecule has 1 aromatic carbocycles. The summed E-state index contributed by atoms with van der Waals surface area (Å²) in [5.74, 6) is 0.0496. The minimum atomic E-state index is 0.0496. The molecule has 1 rings (SSSR count). The second-order valence-electron chi connectivity index (χ2n) is 4.33. The van der Waals surface area contributed by atoms with Crippen LogP contribution >= 0.6 is 0 Å². The van der Waals surface area contributed by atoms with E-state index in [4.69, 9.17) is 5.73 Å². The molecule has 0 aliphatic heterocycles. The van der Waals surface area contributed by atoms with Gasteiger partial charge in [-0.15, -0.1) is 0 Å². The van der Waals surface area contributed by atoms with E-state index in [1.54, 1.807) is 0 Å². The van der Waals surface area contributed by atoms with Gasteiger partial charge in [0.1, 0.15) is 0 Å². The second-order valence-corrected chi connectivity index (χ2v) is 4.33. The highest BCUT2D eigenvalue weighted by molar-refractivity contribution is 5.83. The Kier molecular flexibility index (Phi) is 6.05. The highest BCUT2D eigenvalue weighted by atomic mass is 16.2. The molecule has 18 heavy (non-hydrogen) atoms. The monoisotopic (exact) mass is 249 g/mol. The first-order valence-electron chi connectivity index (χ1n) is 6.55. The number of carbonyl (C=O) groups excluding carboxylic acids is 1. The van der Waals surface area contributed by atoms with E-state index in [1.807, 2.05) is 36.1 Å². The summed E-state index contributed by atoms with van der Waals surface area (Å²) in [6, 6.07) is 7.67. The van der Waals surface area contributed by atoms with E-state index in [2.05, 4.69) is 12.2 Å². The first kappa shape index (κ1) is 14.4. The third kappa shape index (κ3) is 4.28.